The molecule has 0 radical (unpaired) electrons. The van der Waals surface area contributed by atoms with Gasteiger partial charge in [-0.1, -0.05) is 15.9 Å². The molecule has 126 valence electrons. The van der Waals surface area contributed by atoms with Gasteiger partial charge in [-0.25, -0.2) is 4.39 Å². The summed E-state index contributed by atoms with van der Waals surface area (Å²) < 4.78 is 19.5. The van der Waals surface area contributed by atoms with Crippen molar-refractivity contribution in [2.75, 3.05) is 51.8 Å². The van der Waals surface area contributed by atoms with Gasteiger partial charge in [0.2, 0.25) is 11.8 Å². The number of likely N-dealkylation sites (N-methyl/N-ethyl adjacent to an activating group) is 1. The fourth-order valence-corrected chi connectivity index (χ4v) is 2.56. The summed E-state index contributed by atoms with van der Waals surface area (Å²) in [5.74, 6) is -0.929. The Morgan fingerprint density at radius 3 is 2.70 bits per heavy atom. The highest BCUT2D eigenvalue weighted by Gasteiger charge is 2.19. The van der Waals surface area contributed by atoms with E-state index in [0.29, 0.717) is 30.8 Å². The molecule has 1 aromatic rings. The van der Waals surface area contributed by atoms with E-state index in [0.717, 1.165) is 0 Å². The maximum Gasteiger partial charge on any atom is 0.238 e. The number of carbonyl (C=O) groups is 2. The average molecular weight is 388 g/mol. The van der Waals surface area contributed by atoms with Gasteiger partial charge in [0.25, 0.3) is 0 Å². The van der Waals surface area contributed by atoms with Gasteiger partial charge in [-0.15, -0.1) is 0 Å². The summed E-state index contributed by atoms with van der Waals surface area (Å²) in [5, 5.41) is 2.50. The number of nitrogens with one attached hydrogen (secondary N) is 1. The predicted octanol–water partition coefficient (Wildman–Crippen LogP) is 1.32. The van der Waals surface area contributed by atoms with Crippen LogP contribution in [0.15, 0.2) is 22.7 Å². The van der Waals surface area contributed by atoms with Crippen molar-refractivity contribution < 1.29 is 18.7 Å². The first-order valence-electron chi connectivity index (χ1n) is 7.24. The molecule has 1 heterocycles. The lowest BCUT2D eigenvalue weighted by atomic mass is 10.3. The fraction of sp³-hybridized carbons (Fsp3) is 0.467. The molecule has 0 saturated carbocycles. The second-order valence-corrected chi connectivity index (χ2v) is 6.25. The Kier molecular flexibility index (Phi) is 6.49. The van der Waals surface area contributed by atoms with E-state index in [9.17, 15) is 14.0 Å². The van der Waals surface area contributed by atoms with Gasteiger partial charge < -0.3 is 15.0 Å². The molecule has 1 aliphatic heterocycles. The normalized spacial score (nSPS) is 14.9. The predicted molar refractivity (Wildman–Crippen MR) is 87.6 cm³/mol. The van der Waals surface area contributed by atoms with E-state index >= 15 is 0 Å². The largest absolute Gasteiger partial charge is 0.378 e. The van der Waals surface area contributed by atoms with Crippen LogP contribution in [0.1, 0.15) is 0 Å². The van der Waals surface area contributed by atoms with Crippen LogP contribution in [0.2, 0.25) is 0 Å². The van der Waals surface area contributed by atoms with Crippen LogP contribution in [0.25, 0.3) is 0 Å². The van der Waals surface area contributed by atoms with Crippen molar-refractivity contribution in [3.63, 3.8) is 0 Å². The first-order chi connectivity index (χ1) is 11.0. The molecular weight excluding hydrogens is 369 g/mol. The van der Waals surface area contributed by atoms with Crippen molar-refractivity contribution in [1.29, 1.82) is 0 Å². The maximum absolute atomic E-state index is 13.7. The van der Waals surface area contributed by atoms with Crippen LogP contribution in [0.4, 0.5) is 10.1 Å². The minimum atomic E-state index is -0.514. The number of nitrogens with zero attached hydrogens (tertiary/aromatic N) is 2. The highest BCUT2D eigenvalue weighted by atomic mass is 79.9. The van der Waals surface area contributed by atoms with Gasteiger partial charge in [0.15, 0.2) is 0 Å². The van der Waals surface area contributed by atoms with Gasteiger partial charge >= 0.3 is 0 Å². The van der Waals surface area contributed by atoms with E-state index in [2.05, 4.69) is 21.2 Å². The molecule has 0 unspecified atom stereocenters. The van der Waals surface area contributed by atoms with Crippen molar-refractivity contribution in [3.8, 4) is 0 Å². The van der Waals surface area contributed by atoms with Crippen molar-refractivity contribution in [2.45, 2.75) is 0 Å². The Bertz CT molecular complexity index is 579. The summed E-state index contributed by atoms with van der Waals surface area (Å²) in [6.45, 7) is 2.37. The summed E-state index contributed by atoms with van der Waals surface area (Å²) in [7, 11) is 1.68. The molecule has 1 saturated heterocycles. The quantitative estimate of drug-likeness (QED) is 0.827. The summed E-state index contributed by atoms with van der Waals surface area (Å²) in [5.41, 5.74) is 0.117. The van der Waals surface area contributed by atoms with E-state index in [1.54, 1.807) is 22.9 Å². The van der Waals surface area contributed by atoms with E-state index in [-0.39, 0.29) is 30.6 Å². The molecule has 2 amide bonds. The number of hydrogen-bond donors (Lipinski definition) is 1. The molecule has 2 rings (SSSR count). The Labute approximate surface area is 142 Å². The van der Waals surface area contributed by atoms with E-state index in [1.165, 1.54) is 12.1 Å². The van der Waals surface area contributed by atoms with Gasteiger partial charge in [-0.05, 0) is 25.2 Å². The minimum absolute atomic E-state index is 0.00554. The summed E-state index contributed by atoms with van der Waals surface area (Å²) in [4.78, 5) is 27.3. The molecular formula is C15H19BrFN3O3. The summed E-state index contributed by atoms with van der Waals surface area (Å²) in [6, 6.07) is 4.40. The Hall–Kier alpha value is -1.51. The second-order valence-electron chi connectivity index (χ2n) is 5.34. The van der Waals surface area contributed by atoms with Crippen molar-refractivity contribution in [3.05, 3.63) is 28.5 Å². The summed E-state index contributed by atoms with van der Waals surface area (Å²) >= 11 is 3.16. The van der Waals surface area contributed by atoms with E-state index in [1.807, 2.05) is 0 Å². The second kappa shape index (κ2) is 8.37. The minimum Gasteiger partial charge on any atom is -0.378 e. The zero-order valence-electron chi connectivity index (χ0n) is 12.8. The number of amides is 2. The number of morpholine rings is 1. The standard InChI is InChI=1S/C15H19BrFN3O3/c1-19(10-15(22)20-4-6-23-7-5-20)9-14(21)18-13-3-2-11(16)8-12(13)17/h2-3,8H,4-7,9-10H2,1H3,(H,18,21). The van der Waals surface area contributed by atoms with Crippen LogP contribution in [0, 0.1) is 5.82 Å². The number of benzene rings is 1. The summed E-state index contributed by atoms with van der Waals surface area (Å²) in [6.07, 6.45) is 0. The molecule has 0 aliphatic carbocycles. The molecule has 0 atom stereocenters. The van der Waals surface area contributed by atoms with E-state index in [4.69, 9.17) is 4.74 Å². The van der Waals surface area contributed by atoms with Gasteiger partial charge in [0.1, 0.15) is 5.82 Å². The lowest BCUT2D eigenvalue weighted by Gasteiger charge is -2.28. The number of anilines is 1. The third-order valence-corrected chi connectivity index (χ3v) is 3.88. The van der Waals surface area contributed by atoms with Crippen molar-refractivity contribution >= 4 is 33.4 Å². The Balaban J connectivity index is 1.81. The van der Waals surface area contributed by atoms with Crippen LogP contribution in [-0.4, -0.2) is 68.1 Å². The van der Waals surface area contributed by atoms with Gasteiger partial charge in [-0.3, -0.25) is 14.5 Å². The van der Waals surface area contributed by atoms with Crippen LogP contribution in [-0.2, 0) is 14.3 Å². The molecule has 1 aromatic carbocycles. The molecule has 1 aliphatic rings. The van der Waals surface area contributed by atoms with Crippen LogP contribution in [0.3, 0.4) is 0 Å². The highest BCUT2D eigenvalue weighted by Crippen LogP contribution is 2.19. The van der Waals surface area contributed by atoms with Crippen LogP contribution in [0.5, 0.6) is 0 Å². The lowest BCUT2D eigenvalue weighted by molar-refractivity contribution is -0.136. The highest BCUT2D eigenvalue weighted by molar-refractivity contribution is 9.10. The SMILES string of the molecule is CN(CC(=O)Nc1ccc(Br)cc1F)CC(=O)N1CCOCC1. The monoisotopic (exact) mass is 387 g/mol. The number of ether oxygens (including phenoxy) is 1. The molecule has 0 aromatic heterocycles. The number of hydrogen-bond acceptors (Lipinski definition) is 4. The average Bonchev–Trinajstić information content (AvgIpc) is 2.50. The maximum atomic E-state index is 13.7. The number of halogens is 2. The molecule has 0 spiro atoms. The molecule has 8 heteroatoms. The number of carbonyl (C=O) groups excluding carboxylic acids is 2. The lowest BCUT2D eigenvalue weighted by Crippen LogP contribution is -2.46. The Morgan fingerprint density at radius 1 is 1.35 bits per heavy atom. The molecule has 6 nitrogen and oxygen atoms in total. The smallest absolute Gasteiger partial charge is 0.238 e. The molecule has 0 bridgehead atoms. The van der Waals surface area contributed by atoms with Crippen LogP contribution < -0.4 is 5.32 Å². The molecule has 23 heavy (non-hydrogen) atoms. The zero-order valence-corrected chi connectivity index (χ0v) is 14.4. The first kappa shape index (κ1) is 17.8. The van der Waals surface area contributed by atoms with Gasteiger partial charge in [0.05, 0.1) is 32.0 Å². The van der Waals surface area contributed by atoms with Gasteiger partial charge in [0, 0.05) is 17.6 Å². The van der Waals surface area contributed by atoms with E-state index < -0.39 is 5.82 Å². The fourth-order valence-electron chi connectivity index (χ4n) is 2.23. The Morgan fingerprint density at radius 2 is 2.04 bits per heavy atom. The molecule has 1 N–H and O–H groups in total. The third kappa shape index (κ3) is 5.56. The topological polar surface area (TPSA) is 61.9 Å². The number of rotatable bonds is 5. The van der Waals surface area contributed by atoms with Crippen LogP contribution >= 0.6 is 15.9 Å². The molecule has 1 fully saturated rings. The first-order valence-corrected chi connectivity index (χ1v) is 8.04. The zero-order chi connectivity index (χ0) is 16.8. The van der Waals surface area contributed by atoms with Crippen molar-refractivity contribution in [1.82, 2.24) is 9.80 Å². The van der Waals surface area contributed by atoms with Gasteiger partial charge in [-0.2, -0.15) is 0 Å². The van der Waals surface area contributed by atoms with Crippen molar-refractivity contribution in [2.24, 2.45) is 0 Å². The third-order valence-electron chi connectivity index (χ3n) is 3.39.